The molecule has 0 saturated carbocycles. The van der Waals surface area contributed by atoms with Crippen LogP contribution in [0.3, 0.4) is 0 Å². The second kappa shape index (κ2) is 8.03. The van der Waals surface area contributed by atoms with Crippen LogP contribution in [-0.2, 0) is 4.79 Å². The lowest BCUT2D eigenvalue weighted by molar-refractivity contribution is -0.125. The summed E-state index contributed by atoms with van der Waals surface area (Å²) in [6.07, 6.45) is 0. The van der Waals surface area contributed by atoms with E-state index in [0.717, 1.165) is 24.0 Å². The van der Waals surface area contributed by atoms with Gasteiger partial charge in [0.25, 0.3) is 5.56 Å². The van der Waals surface area contributed by atoms with Crippen LogP contribution in [-0.4, -0.2) is 42.0 Å². The lowest BCUT2D eigenvalue weighted by Gasteiger charge is -2.37. The molecule has 4 rings (SSSR count). The minimum absolute atomic E-state index is 0.0236. The molecule has 1 fully saturated rings. The topological polar surface area (TPSA) is 65.2 Å². The van der Waals surface area contributed by atoms with E-state index in [4.69, 9.17) is 0 Å². The van der Waals surface area contributed by atoms with Gasteiger partial charge in [-0.2, -0.15) is 0 Å². The highest BCUT2D eigenvalue weighted by molar-refractivity contribution is 5.87. The molecule has 0 bridgehead atoms. The van der Waals surface area contributed by atoms with Crippen molar-refractivity contribution in [3.05, 3.63) is 70.3 Å². The third-order valence-electron chi connectivity index (χ3n) is 5.77. The third kappa shape index (κ3) is 3.87. The average molecular weight is 407 g/mol. The van der Waals surface area contributed by atoms with Gasteiger partial charge < -0.3 is 15.2 Å². The predicted molar refractivity (Wildman–Crippen MR) is 117 cm³/mol. The first-order chi connectivity index (χ1) is 14.3. The molecular formula is C24H26FN3O2. The summed E-state index contributed by atoms with van der Waals surface area (Å²) in [6.45, 7) is 5.53. The highest BCUT2D eigenvalue weighted by Gasteiger charge is 2.31. The van der Waals surface area contributed by atoms with E-state index in [1.165, 1.54) is 6.07 Å². The molecule has 3 aromatic rings. The van der Waals surface area contributed by atoms with Crippen LogP contribution >= 0.6 is 0 Å². The molecule has 5 nitrogen and oxygen atoms in total. The van der Waals surface area contributed by atoms with Crippen LogP contribution < -0.4 is 10.9 Å². The molecule has 1 saturated heterocycles. The number of carbonyl (C=O) groups is 1. The summed E-state index contributed by atoms with van der Waals surface area (Å²) in [6, 6.07) is 14.0. The van der Waals surface area contributed by atoms with Crippen molar-refractivity contribution in [2.45, 2.75) is 25.8 Å². The van der Waals surface area contributed by atoms with Gasteiger partial charge in [0, 0.05) is 29.7 Å². The Morgan fingerprint density at radius 2 is 1.93 bits per heavy atom. The number of nitrogens with one attached hydrogen (secondary N) is 2. The molecule has 0 spiro atoms. The summed E-state index contributed by atoms with van der Waals surface area (Å²) >= 11 is 0. The normalized spacial score (nSPS) is 15.9. The Bertz CT molecular complexity index is 1150. The van der Waals surface area contributed by atoms with E-state index in [9.17, 15) is 14.0 Å². The number of amides is 1. The molecule has 2 N–H and O–H groups in total. The van der Waals surface area contributed by atoms with E-state index in [-0.39, 0.29) is 29.2 Å². The first kappa shape index (κ1) is 20.3. The number of likely N-dealkylation sites (N-methyl/N-ethyl adjacent to an activating group) is 1. The molecule has 0 aliphatic carbocycles. The van der Waals surface area contributed by atoms with Crippen LogP contribution in [0.25, 0.3) is 22.0 Å². The third-order valence-corrected chi connectivity index (χ3v) is 5.77. The molecule has 1 unspecified atom stereocenters. The number of rotatable bonds is 5. The molecule has 6 heteroatoms. The van der Waals surface area contributed by atoms with Crippen molar-refractivity contribution in [1.29, 1.82) is 0 Å². The monoisotopic (exact) mass is 407 g/mol. The number of likely N-dealkylation sites (tertiary alicyclic amines) is 1. The highest BCUT2D eigenvalue weighted by atomic mass is 19.1. The van der Waals surface area contributed by atoms with Crippen molar-refractivity contribution in [3.8, 4) is 11.3 Å². The van der Waals surface area contributed by atoms with Gasteiger partial charge in [-0.05, 0) is 42.1 Å². The Labute approximate surface area is 174 Å². The Hall–Kier alpha value is -2.99. The fourth-order valence-corrected chi connectivity index (χ4v) is 4.18. The van der Waals surface area contributed by atoms with E-state index in [1.807, 2.05) is 39.1 Å². The number of hydrogen-bond donors (Lipinski definition) is 2. The summed E-state index contributed by atoms with van der Waals surface area (Å²) in [5.74, 6) is -0.965. The van der Waals surface area contributed by atoms with E-state index in [1.54, 1.807) is 24.3 Å². The molecular weight excluding hydrogens is 381 g/mol. The fraction of sp³-hybridized carbons (Fsp3) is 0.333. The zero-order valence-corrected chi connectivity index (χ0v) is 17.4. The summed E-state index contributed by atoms with van der Waals surface area (Å²) in [7, 11) is 2.00. The second-order valence-corrected chi connectivity index (χ2v) is 8.48. The molecule has 2 heterocycles. The van der Waals surface area contributed by atoms with Gasteiger partial charge in [0.15, 0.2) is 0 Å². The first-order valence-corrected chi connectivity index (χ1v) is 10.2. The smallest absolute Gasteiger partial charge is 0.252 e. The van der Waals surface area contributed by atoms with Gasteiger partial charge in [-0.15, -0.1) is 0 Å². The van der Waals surface area contributed by atoms with E-state index < -0.39 is 5.92 Å². The van der Waals surface area contributed by atoms with E-state index in [2.05, 4.69) is 15.2 Å². The lowest BCUT2D eigenvalue weighted by atomic mass is 9.87. The summed E-state index contributed by atoms with van der Waals surface area (Å²) in [5.41, 5.74) is 1.48. The Balaban J connectivity index is 1.64. The molecule has 1 aliphatic rings. The lowest BCUT2D eigenvalue weighted by Crippen LogP contribution is -2.58. The van der Waals surface area contributed by atoms with Gasteiger partial charge in [-0.25, -0.2) is 4.39 Å². The molecule has 1 atom stereocenters. The Morgan fingerprint density at radius 3 is 2.60 bits per heavy atom. The highest BCUT2D eigenvalue weighted by Crippen LogP contribution is 2.27. The van der Waals surface area contributed by atoms with Crippen molar-refractivity contribution in [3.63, 3.8) is 0 Å². The molecule has 1 amide bonds. The number of nitrogens with zero attached hydrogens (tertiary/aromatic N) is 1. The molecule has 1 aliphatic heterocycles. The average Bonchev–Trinajstić information content (AvgIpc) is 2.68. The van der Waals surface area contributed by atoms with Gasteiger partial charge in [0.1, 0.15) is 5.82 Å². The van der Waals surface area contributed by atoms with Gasteiger partial charge in [-0.1, -0.05) is 44.2 Å². The van der Waals surface area contributed by atoms with Crippen molar-refractivity contribution in [2.75, 3.05) is 20.1 Å². The quantitative estimate of drug-likeness (QED) is 0.680. The summed E-state index contributed by atoms with van der Waals surface area (Å²) in [4.78, 5) is 30.8. The van der Waals surface area contributed by atoms with E-state index >= 15 is 0 Å². The molecule has 30 heavy (non-hydrogen) atoms. The number of benzene rings is 2. The first-order valence-electron chi connectivity index (χ1n) is 10.2. The van der Waals surface area contributed by atoms with Crippen LogP contribution in [0, 0.1) is 11.7 Å². The Kier molecular flexibility index (Phi) is 5.43. The summed E-state index contributed by atoms with van der Waals surface area (Å²) < 4.78 is 14.2. The molecule has 2 aromatic carbocycles. The minimum Gasteiger partial charge on any atom is -0.350 e. The zero-order chi connectivity index (χ0) is 21.4. The zero-order valence-electron chi connectivity index (χ0n) is 17.4. The number of hydrogen-bond acceptors (Lipinski definition) is 3. The van der Waals surface area contributed by atoms with Crippen LogP contribution in [0.2, 0.25) is 0 Å². The second-order valence-electron chi connectivity index (χ2n) is 8.48. The maximum absolute atomic E-state index is 14.2. The number of carbonyl (C=O) groups excluding carboxylic acids is 1. The van der Waals surface area contributed by atoms with Gasteiger partial charge >= 0.3 is 0 Å². The van der Waals surface area contributed by atoms with Crippen LogP contribution in [0.1, 0.15) is 25.3 Å². The predicted octanol–water partition coefficient (Wildman–Crippen LogP) is 3.50. The molecule has 1 aromatic heterocycles. The van der Waals surface area contributed by atoms with Crippen LogP contribution in [0.5, 0.6) is 0 Å². The molecule has 156 valence electrons. The number of fused-ring (bicyclic) bond motifs is 1. The number of aromatic nitrogens is 1. The fourth-order valence-electron chi connectivity index (χ4n) is 4.18. The van der Waals surface area contributed by atoms with Gasteiger partial charge in [-0.3, -0.25) is 9.59 Å². The number of H-pyrrole nitrogens is 1. The maximum Gasteiger partial charge on any atom is 0.252 e. The number of halogens is 1. The van der Waals surface area contributed by atoms with Gasteiger partial charge in [0.2, 0.25) is 5.91 Å². The van der Waals surface area contributed by atoms with Gasteiger partial charge in [0.05, 0.1) is 12.0 Å². The number of aromatic amines is 1. The number of pyridine rings is 1. The summed E-state index contributed by atoms with van der Waals surface area (Å²) in [5, 5.41) is 4.36. The van der Waals surface area contributed by atoms with E-state index in [0.29, 0.717) is 16.6 Å². The van der Waals surface area contributed by atoms with Crippen LogP contribution in [0.4, 0.5) is 4.39 Å². The van der Waals surface area contributed by atoms with Crippen molar-refractivity contribution in [2.24, 2.45) is 5.92 Å². The van der Waals surface area contributed by atoms with Crippen molar-refractivity contribution in [1.82, 2.24) is 15.2 Å². The Morgan fingerprint density at radius 1 is 1.17 bits per heavy atom. The largest absolute Gasteiger partial charge is 0.350 e. The molecule has 0 radical (unpaired) electrons. The van der Waals surface area contributed by atoms with Crippen molar-refractivity contribution >= 4 is 16.7 Å². The maximum atomic E-state index is 14.2. The minimum atomic E-state index is -0.525. The standard InChI is InChI=1S/C24H26FN3O2/c1-14(2)22(24(30)26-17-12-28(3)13-17)18-9-10-21(27-23(18)29)16-8-7-15-5-4-6-20(25)19(15)11-16/h4-11,14,17,22H,12-13H2,1-3H3,(H,26,30)(H,27,29). The SMILES string of the molecule is CC(C)C(C(=O)NC1CN(C)C1)c1ccc(-c2ccc3cccc(F)c3c2)[nH]c1=O. The van der Waals surface area contributed by atoms with Crippen LogP contribution in [0.15, 0.2) is 53.3 Å². The van der Waals surface area contributed by atoms with Crippen molar-refractivity contribution < 1.29 is 9.18 Å².